The summed E-state index contributed by atoms with van der Waals surface area (Å²) >= 11 is 5.44. The highest BCUT2D eigenvalue weighted by molar-refractivity contribution is 6.31. The van der Waals surface area contributed by atoms with Crippen LogP contribution in [0.15, 0.2) is 6.07 Å². The van der Waals surface area contributed by atoms with Gasteiger partial charge in [0.15, 0.2) is 17.3 Å². The van der Waals surface area contributed by atoms with Gasteiger partial charge in [-0.1, -0.05) is 11.6 Å². The summed E-state index contributed by atoms with van der Waals surface area (Å²) in [6.07, 6.45) is 1.65. The van der Waals surface area contributed by atoms with E-state index in [0.29, 0.717) is 19.2 Å². The molecule has 0 unspecified atom stereocenters. The van der Waals surface area contributed by atoms with Crippen molar-refractivity contribution in [3.8, 4) is 0 Å². The molecule has 1 aromatic rings. The Kier molecular flexibility index (Phi) is 3.15. The van der Waals surface area contributed by atoms with Crippen molar-refractivity contribution in [2.45, 2.75) is 12.8 Å². The highest BCUT2D eigenvalue weighted by atomic mass is 35.5. The van der Waals surface area contributed by atoms with Crippen LogP contribution >= 0.6 is 11.6 Å². The van der Waals surface area contributed by atoms with Gasteiger partial charge >= 0.3 is 0 Å². The number of rotatable bonds is 2. The minimum absolute atomic E-state index is 0.209. The van der Waals surface area contributed by atoms with Gasteiger partial charge in [0.1, 0.15) is 5.02 Å². The number of halogens is 3. The van der Waals surface area contributed by atoms with Crippen molar-refractivity contribution >= 4 is 23.0 Å². The van der Waals surface area contributed by atoms with Crippen molar-refractivity contribution in [2.75, 3.05) is 18.0 Å². The Balaban J connectivity index is 2.61. The molecule has 1 fully saturated rings. The van der Waals surface area contributed by atoms with E-state index in [1.165, 1.54) is 4.90 Å². The first-order chi connectivity index (χ1) is 8.02. The first-order valence-corrected chi connectivity index (χ1v) is 5.47. The van der Waals surface area contributed by atoms with Crippen LogP contribution in [0, 0.1) is 21.7 Å². The fraction of sp³-hybridized carbons (Fsp3) is 0.400. The summed E-state index contributed by atoms with van der Waals surface area (Å²) in [6.45, 7) is 1.03. The third-order valence-electron chi connectivity index (χ3n) is 2.74. The van der Waals surface area contributed by atoms with Crippen LogP contribution in [0.5, 0.6) is 0 Å². The second-order valence-corrected chi connectivity index (χ2v) is 4.18. The number of benzene rings is 1. The van der Waals surface area contributed by atoms with E-state index >= 15 is 0 Å². The number of nitrogens with zero attached hydrogens (tertiary/aromatic N) is 2. The lowest BCUT2D eigenvalue weighted by Gasteiger charge is -2.18. The van der Waals surface area contributed by atoms with Gasteiger partial charge < -0.3 is 4.90 Å². The molecule has 1 saturated heterocycles. The zero-order valence-electron chi connectivity index (χ0n) is 8.75. The minimum Gasteiger partial charge on any atom is -0.364 e. The normalized spacial score (nSPS) is 15.4. The lowest BCUT2D eigenvalue weighted by atomic mass is 10.2. The van der Waals surface area contributed by atoms with E-state index < -0.39 is 27.3 Å². The molecule has 0 aromatic heterocycles. The Morgan fingerprint density at radius 2 is 1.94 bits per heavy atom. The SMILES string of the molecule is O=[N+]([O-])c1cc(F)c(Cl)c(F)c1N1CCCC1. The molecule has 7 heteroatoms. The van der Waals surface area contributed by atoms with Gasteiger partial charge in [-0.2, -0.15) is 0 Å². The van der Waals surface area contributed by atoms with Gasteiger partial charge in [0, 0.05) is 13.1 Å². The van der Waals surface area contributed by atoms with Crippen LogP contribution in [0.3, 0.4) is 0 Å². The largest absolute Gasteiger partial charge is 0.364 e. The Morgan fingerprint density at radius 1 is 1.35 bits per heavy atom. The van der Waals surface area contributed by atoms with Gasteiger partial charge in [0.05, 0.1) is 11.0 Å². The second kappa shape index (κ2) is 4.44. The number of hydrogen-bond acceptors (Lipinski definition) is 3. The van der Waals surface area contributed by atoms with Gasteiger partial charge in [0.25, 0.3) is 5.69 Å². The van der Waals surface area contributed by atoms with E-state index in [4.69, 9.17) is 11.6 Å². The third-order valence-corrected chi connectivity index (χ3v) is 3.08. The van der Waals surface area contributed by atoms with Gasteiger partial charge in [-0.25, -0.2) is 8.78 Å². The zero-order valence-corrected chi connectivity index (χ0v) is 9.51. The lowest BCUT2D eigenvalue weighted by molar-refractivity contribution is -0.384. The predicted molar refractivity (Wildman–Crippen MR) is 59.5 cm³/mol. The second-order valence-electron chi connectivity index (χ2n) is 3.81. The van der Waals surface area contributed by atoms with Crippen LogP contribution < -0.4 is 4.90 Å². The molecule has 1 aromatic carbocycles. The highest BCUT2D eigenvalue weighted by Crippen LogP contribution is 2.38. The molecule has 0 aliphatic carbocycles. The van der Waals surface area contributed by atoms with Crippen LogP contribution in [0.25, 0.3) is 0 Å². The summed E-state index contributed by atoms with van der Waals surface area (Å²) in [5.41, 5.74) is -0.787. The molecule has 0 bridgehead atoms. The van der Waals surface area contributed by atoms with Crippen LogP contribution in [-0.2, 0) is 0 Å². The van der Waals surface area contributed by atoms with E-state index in [1.54, 1.807) is 0 Å². The first kappa shape index (κ1) is 12.0. The molecule has 0 radical (unpaired) electrons. The van der Waals surface area contributed by atoms with Gasteiger partial charge in [-0.15, -0.1) is 0 Å². The smallest absolute Gasteiger partial charge is 0.298 e. The van der Waals surface area contributed by atoms with Crippen LogP contribution in [0.1, 0.15) is 12.8 Å². The van der Waals surface area contributed by atoms with Crippen molar-refractivity contribution in [3.05, 3.63) is 32.8 Å². The Morgan fingerprint density at radius 3 is 2.47 bits per heavy atom. The van der Waals surface area contributed by atoms with Crippen molar-refractivity contribution in [3.63, 3.8) is 0 Å². The van der Waals surface area contributed by atoms with E-state index in [9.17, 15) is 18.9 Å². The number of nitro groups is 1. The molecule has 0 amide bonds. The van der Waals surface area contributed by atoms with Crippen molar-refractivity contribution in [1.82, 2.24) is 0 Å². The molecule has 1 aliphatic heterocycles. The molecular weight excluding hydrogens is 254 g/mol. The molecule has 1 heterocycles. The van der Waals surface area contributed by atoms with Gasteiger partial charge in [-0.05, 0) is 12.8 Å². The molecule has 0 N–H and O–H groups in total. The molecule has 4 nitrogen and oxygen atoms in total. The summed E-state index contributed by atoms with van der Waals surface area (Å²) < 4.78 is 27.0. The molecule has 0 saturated carbocycles. The highest BCUT2D eigenvalue weighted by Gasteiger charge is 2.29. The third kappa shape index (κ3) is 2.04. The monoisotopic (exact) mass is 262 g/mol. The Hall–Kier alpha value is -1.43. The maximum Gasteiger partial charge on any atom is 0.298 e. The quantitative estimate of drug-likeness (QED) is 0.467. The number of hydrogen-bond donors (Lipinski definition) is 0. The maximum atomic E-state index is 13.8. The zero-order chi connectivity index (χ0) is 12.6. The molecular formula is C10H9ClF2N2O2. The van der Waals surface area contributed by atoms with Crippen molar-refractivity contribution in [2.24, 2.45) is 0 Å². The van der Waals surface area contributed by atoms with Gasteiger partial charge in [-0.3, -0.25) is 10.1 Å². The van der Waals surface area contributed by atoms with Gasteiger partial charge in [0.2, 0.25) is 0 Å². The number of nitro benzene ring substituents is 1. The Labute approximate surface area is 101 Å². The first-order valence-electron chi connectivity index (χ1n) is 5.09. The average molecular weight is 263 g/mol. The van der Waals surface area contributed by atoms with E-state index in [1.807, 2.05) is 0 Å². The van der Waals surface area contributed by atoms with Crippen LogP contribution in [0.2, 0.25) is 5.02 Å². The average Bonchev–Trinajstić information content (AvgIpc) is 2.78. The fourth-order valence-corrected chi connectivity index (χ4v) is 2.10. The summed E-state index contributed by atoms with van der Waals surface area (Å²) in [5, 5.41) is 10.1. The molecule has 17 heavy (non-hydrogen) atoms. The fourth-order valence-electron chi connectivity index (χ4n) is 1.95. The summed E-state index contributed by atoms with van der Waals surface area (Å²) in [5.74, 6) is -2.17. The standard InChI is InChI=1S/C10H9ClF2N2O2/c11-8-6(12)5-7(15(16)17)10(9(8)13)14-3-1-2-4-14/h5H,1-4H2. The van der Waals surface area contributed by atoms with Crippen molar-refractivity contribution < 1.29 is 13.7 Å². The summed E-state index contributed by atoms with van der Waals surface area (Å²) in [6, 6.07) is 0.666. The van der Waals surface area contributed by atoms with E-state index in [-0.39, 0.29) is 5.69 Å². The summed E-state index contributed by atoms with van der Waals surface area (Å²) in [4.78, 5) is 11.5. The van der Waals surface area contributed by atoms with Crippen molar-refractivity contribution in [1.29, 1.82) is 0 Å². The van der Waals surface area contributed by atoms with E-state index in [0.717, 1.165) is 12.8 Å². The van der Waals surface area contributed by atoms with Crippen LogP contribution in [0.4, 0.5) is 20.2 Å². The predicted octanol–water partition coefficient (Wildman–Crippen LogP) is 3.13. The molecule has 2 rings (SSSR count). The molecule has 0 spiro atoms. The lowest BCUT2D eigenvalue weighted by Crippen LogP contribution is -2.21. The minimum atomic E-state index is -1.11. The number of anilines is 1. The van der Waals surface area contributed by atoms with E-state index in [2.05, 4.69) is 0 Å². The topological polar surface area (TPSA) is 46.4 Å². The Bertz CT molecular complexity index is 476. The molecule has 92 valence electrons. The summed E-state index contributed by atoms with van der Waals surface area (Å²) in [7, 11) is 0. The van der Waals surface area contributed by atoms with Crippen LogP contribution in [-0.4, -0.2) is 18.0 Å². The molecule has 0 atom stereocenters. The maximum absolute atomic E-state index is 13.8. The molecule has 1 aliphatic rings.